The van der Waals surface area contributed by atoms with Crippen molar-refractivity contribution in [2.45, 2.75) is 12.8 Å². The van der Waals surface area contributed by atoms with Crippen LogP contribution in [0.5, 0.6) is 0 Å². The molecule has 0 spiro atoms. The van der Waals surface area contributed by atoms with Crippen LogP contribution in [0.3, 0.4) is 0 Å². The van der Waals surface area contributed by atoms with E-state index in [9.17, 15) is 18.4 Å². The quantitative estimate of drug-likeness (QED) is 0.583. The van der Waals surface area contributed by atoms with Gasteiger partial charge < -0.3 is 14.6 Å². The number of hydrogen-bond donors (Lipinski definition) is 1. The fourth-order valence-corrected chi connectivity index (χ4v) is 2.45. The summed E-state index contributed by atoms with van der Waals surface area (Å²) in [7, 11) is 0. The summed E-state index contributed by atoms with van der Waals surface area (Å²) < 4.78 is 35.9. The molecule has 2 aromatic carbocycles. The number of nitrogens with zero attached hydrogens (tertiary/aromatic N) is 2. The molecule has 7 nitrogen and oxygen atoms in total. The van der Waals surface area contributed by atoms with Gasteiger partial charge in [0.2, 0.25) is 11.7 Å². The van der Waals surface area contributed by atoms with E-state index in [0.717, 1.165) is 6.07 Å². The maximum atomic E-state index is 13.1. The van der Waals surface area contributed by atoms with E-state index in [2.05, 4.69) is 15.5 Å². The van der Waals surface area contributed by atoms with Crippen molar-refractivity contribution in [3.8, 4) is 11.4 Å². The van der Waals surface area contributed by atoms with E-state index in [1.807, 2.05) is 0 Å². The van der Waals surface area contributed by atoms with Crippen LogP contribution in [0.2, 0.25) is 5.02 Å². The molecule has 0 saturated heterocycles. The number of halogens is 3. The number of rotatable bonds is 7. The summed E-state index contributed by atoms with van der Waals surface area (Å²) in [5.41, 5.74) is 0.846. The third-order valence-corrected chi connectivity index (χ3v) is 3.97. The molecule has 0 aliphatic carbocycles. The van der Waals surface area contributed by atoms with Gasteiger partial charge in [-0.25, -0.2) is 8.78 Å². The van der Waals surface area contributed by atoms with Gasteiger partial charge in [0, 0.05) is 17.7 Å². The van der Waals surface area contributed by atoms with Crippen LogP contribution in [0.25, 0.3) is 11.4 Å². The number of hydrogen-bond acceptors (Lipinski definition) is 6. The Morgan fingerprint density at radius 3 is 2.62 bits per heavy atom. The van der Waals surface area contributed by atoms with Gasteiger partial charge in [-0.3, -0.25) is 9.59 Å². The molecular formula is C19H14ClF2N3O4. The first-order valence-corrected chi connectivity index (χ1v) is 8.77. The highest BCUT2D eigenvalue weighted by molar-refractivity contribution is 6.31. The van der Waals surface area contributed by atoms with Crippen LogP contribution in [0, 0.1) is 11.6 Å². The van der Waals surface area contributed by atoms with E-state index in [0.29, 0.717) is 5.56 Å². The molecule has 1 aromatic heterocycles. The predicted octanol–water partition coefficient (Wildman–Crippen LogP) is 3.78. The first-order chi connectivity index (χ1) is 13.9. The van der Waals surface area contributed by atoms with E-state index in [1.165, 1.54) is 36.4 Å². The summed E-state index contributed by atoms with van der Waals surface area (Å²) in [5, 5.41) is 6.06. The molecule has 0 atom stereocenters. The number of aromatic nitrogens is 2. The van der Waals surface area contributed by atoms with Gasteiger partial charge in [0.1, 0.15) is 11.6 Å². The minimum Gasteiger partial charge on any atom is -0.456 e. The molecule has 3 rings (SSSR count). The van der Waals surface area contributed by atoms with Crippen LogP contribution in [0.15, 0.2) is 47.0 Å². The van der Waals surface area contributed by atoms with Gasteiger partial charge in [0.25, 0.3) is 5.91 Å². The normalized spacial score (nSPS) is 10.6. The van der Waals surface area contributed by atoms with Gasteiger partial charge >= 0.3 is 5.97 Å². The third kappa shape index (κ3) is 5.82. The number of amides is 1. The Balaban J connectivity index is 1.43. The molecule has 0 aliphatic heterocycles. The van der Waals surface area contributed by atoms with Crippen LogP contribution >= 0.6 is 11.6 Å². The number of aryl methyl sites for hydroxylation is 1. The molecule has 1 amide bonds. The molecule has 1 heterocycles. The predicted molar refractivity (Wildman–Crippen MR) is 99.0 cm³/mol. The number of benzene rings is 2. The van der Waals surface area contributed by atoms with Crippen LogP contribution < -0.4 is 5.32 Å². The minimum atomic E-state index is -0.640. The fourth-order valence-electron chi connectivity index (χ4n) is 2.27. The molecular weight excluding hydrogens is 408 g/mol. The van der Waals surface area contributed by atoms with E-state index >= 15 is 0 Å². The van der Waals surface area contributed by atoms with E-state index < -0.39 is 24.3 Å². The second-order valence-corrected chi connectivity index (χ2v) is 6.26. The molecule has 0 radical (unpaired) electrons. The highest BCUT2D eigenvalue weighted by Gasteiger charge is 2.13. The van der Waals surface area contributed by atoms with Crippen molar-refractivity contribution < 1.29 is 27.6 Å². The molecule has 0 saturated carbocycles. The molecule has 29 heavy (non-hydrogen) atoms. The van der Waals surface area contributed by atoms with E-state index in [-0.39, 0.29) is 41.1 Å². The van der Waals surface area contributed by atoms with Crippen LogP contribution in [0.1, 0.15) is 12.3 Å². The van der Waals surface area contributed by atoms with Gasteiger partial charge in [0.15, 0.2) is 6.61 Å². The zero-order valence-corrected chi connectivity index (χ0v) is 15.6. The second kappa shape index (κ2) is 9.24. The average Bonchev–Trinajstić information content (AvgIpc) is 3.17. The number of nitrogens with one attached hydrogen (secondary N) is 1. The first kappa shape index (κ1) is 20.4. The van der Waals surface area contributed by atoms with E-state index in [4.69, 9.17) is 20.9 Å². The molecule has 3 aromatic rings. The summed E-state index contributed by atoms with van der Waals surface area (Å²) in [6.07, 6.45) is 0.0307. The minimum absolute atomic E-state index is 0.0826. The monoisotopic (exact) mass is 421 g/mol. The molecule has 150 valence electrons. The summed E-state index contributed by atoms with van der Waals surface area (Å²) in [4.78, 5) is 27.7. The Morgan fingerprint density at radius 2 is 1.90 bits per heavy atom. The zero-order chi connectivity index (χ0) is 20.8. The highest BCUT2D eigenvalue weighted by atomic mass is 35.5. The van der Waals surface area contributed by atoms with Crippen LogP contribution in [-0.4, -0.2) is 28.6 Å². The van der Waals surface area contributed by atoms with Crippen molar-refractivity contribution in [1.29, 1.82) is 0 Å². The Kier molecular flexibility index (Phi) is 6.50. The topological polar surface area (TPSA) is 94.3 Å². The molecule has 0 bridgehead atoms. The number of carbonyl (C=O) groups is 2. The smallest absolute Gasteiger partial charge is 0.306 e. The van der Waals surface area contributed by atoms with E-state index in [1.54, 1.807) is 0 Å². The largest absolute Gasteiger partial charge is 0.456 e. The van der Waals surface area contributed by atoms with Crippen molar-refractivity contribution in [3.63, 3.8) is 0 Å². The number of ether oxygens (including phenoxy) is 1. The Bertz CT molecular complexity index is 1020. The molecule has 0 fully saturated rings. The molecule has 0 aliphatic rings. The SMILES string of the molecule is O=C(COC(=O)CCc1nc(-c2ccc(F)cc2)no1)Nc1ccc(F)c(Cl)c1. The average molecular weight is 422 g/mol. The van der Waals surface area contributed by atoms with Crippen LogP contribution in [-0.2, 0) is 20.7 Å². The lowest BCUT2D eigenvalue weighted by Gasteiger charge is -2.06. The Morgan fingerprint density at radius 1 is 1.14 bits per heavy atom. The summed E-state index contributed by atoms with van der Waals surface area (Å²) in [6, 6.07) is 9.23. The second-order valence-electron chi connectivity index (χ2n) is 5.86. The molecule has 0 unspecified atom stereocenters. The van der Waals surface area contributed by atoms with Crippen molar-refractivity contribution in [2.24, 2.45) is 0 Å². The standard InChI is InChI=1S/C19H14ClF2N3O4/c20-14-9-13(5-6-15(14)22)23-16(26)10-28-18(27)8-7-17-24-19(25-29-17)11-1-3-12(21)4-2-11/h1-6,9H,7-8,10H2,(H,23,26). The van der Waals surface area contributed by atoms with Gasteiger partial charge in [-0.05, 0) is 42.5 Å². The zero-order valence-electron chi connectivity index (χ0n) is 14.8. The van der Waals surface area contributed by atoms with Gasteiger partial charge in [-0.15, -0.1) is 0 Å². The summed E-state index contributed by atoms with van der Waals surface area (Å²) in [5.74, 6) is -1.76. The Labute approximate surface area is 168 Å². The highest BCUT2D eigenvalue weighted by Crippen LogP contribution is 2.19. The maximum Gasteiger partial charge on any atom is 0.306 e. The summed E-state index contributed by atoms with van der Waals surface area (Å²) >= 11 is 5.62. The lowest BCUT2D eigenvalue weighted by atomic mass is 10.2. The van der Waals surface area contributed by atoms with Crippen LogP contribution in [0.4, 0.5) is 14.5 Å². The number of esters is 1. The van der Waals surface area contributed by atoms with Gasteiger partial charge in [-0.2, -0.15) is 4.98 Å². The number of anilines is 1. The van der Waals surface area contributed by atoms with Crippen molar-refractivity contribution >= 4 is 29.2 Å². The first-order valence-electron chi connectivity index (χ1n) is 8.40. The number of carbonyl (C=O) groups excluding carboxylic acids is 2. The van der Waals surface area contributed by atoms with Gasteiger partial charge in [0.05, 0.1) is 11.4 Å². The fraction of sp³-hybridized carbons (Fsp3) is 0.158. The third-order valence-electron chi connectivity index (χ3n) is 3.68. The summed E-state index contributed by atoms with van der Waals surface area (Å²) in [6.45, 7) is -0.515. The van der Waals surface area contributed by atoms with Crippen molar-refractivity contribution in [2.75, 3.05) is 11.9 Å². The lowest BCUT2D eigenvalue weighted by molar-refractivity contribution is -0.147. The maximum absolute atomic E-state index is 13.1. The lowest BCUT2D eigenvalue weighted by Crippen LogP contribution is -2.21. The molecule has 10 heteroatoms. The van der Waals surface area contributed by atoms with Crippen molar-refractivity contribution in [1.82, 2.24) is 10.1 Å². The Hall–Kier alpha value is -3.33. The van der Waals surface area contributed by atoms with Crippen molar-refractivity contribution in [3.05, 3.63) is 65.0 Å². The van der Waals surface area contributed by atoms with Gasteiger partial charge in [-0.1, -0.05) is 16.8 Å². The molecule has 1 N–H and O–H groups in total.